The van der Waals surface area contributed by atoms with Crippen molar-refractivity contribution in [1.82, 2.24) is 0 Å². The Kier molecular flexibility index (Phi) is 16.8. The second kappa shape index (κ2) is 15.0. The van der Waals surface area contributed by atoms with Crippen LogP contribution in [-0.2, 0) is 14.6 Å². The minimum atomic E-state index is -2.73. The molecule has 3 nitrogen and oxygen atoms in total. The predicted molar refractivity (Wildman–Crippen MR) is 79.9 cm³/mol. The van der Waals surface area contributed by atoms with E-state index < -0.39 is 9.84 Å². The average Bonchev–Trinajstić information content (AvgIpc) is 2.31. The van der Waals surface area contributed by atoms with Crippen molar-refractivity contribution < 1.29 is 13.2 Å². The molecule has 0 saturated carbocycles. The topological polar surface area (TPSA) is 43.4 Å². The van der Waals surface area contributed by atoms with Crippen LogP contribution in [0.5, 0.6) is 0 Å². The van der Waals surface area contributed by atoms with Gasteiger partial charge < -0.3 is 4.74 Å². The van der Waals surface area contributed by atoms with E-state index in [0.29, 0.717) is 11.5 Å². The molecular weight excluding hydrogens is 248 g/mol. The Bertz CT molecular complexity index is 217. The van der Waals surface area contributed by atoms with Crippen molar-refractivity contribution in [3.8, 4) is 0 Å². The molecule has 0 aromatic carbocycles. The van der Waals surface area contributed by atoms with E-state index in [9.17, 15) is 8.42 Å². The number of rotatable bonds is 10. The predicted octanol–water partition coefficient (Wildman–Crippen LogP) is 3.82. The van der Waals surface area contributed by atoms with E-state index in [-0.39, 0.29) is 0 Å². The van der Waals surface area contributed by atoms with E-state index in [4.69, 9.17) is 4.74 Å². The largest absolute Gasteiger partial charge is 0.382 e. The minimum absolute atomic E-state index is 0.393. The van der Waals surface area contributed by atoms with Crippen molar-refractivity contribution in [2.75, 3.05) is 24.7 Å². The maximum absolute atomic E-state index is 11.4. The zero-order chi connectivity index (χ0) is 14.3. The number of sulfone groups is 1. The summed E-state index contributed by atoms with van der Waals surface area (Å²) >= 11 is 0. The normalized spacial score (nSPS) is 10.9. The number of ether oxygens (including phenoxy) is 1. The molecule has 0 aliphatic heterocycles. The fraction of sp³-hybridized carbons (Fsp3) is 1.00. The molecule has 0 bridgehead atoms. The van der Waals surface area contributed by atoms with Crippen LogP contribution in [0.4, 0.5) is 0 Å². The van der Waals surface area contributed by atoms with Gasteiger partial charge in [-0.1, -0.05) is 39.5 Å². The Morgan fingerprint density at radius 1 is 0.722 bits per heavy atom. The van der Waals surface area contributed by atoms with Gasteiger partial charge in [-0.2, -0.15) is 0 Å². The van der Waals surface area contributed by atoms with Crippen molar-refractivity contribution in [2.24, 2.45) is 0 Å². The van der Waals surface area contributed by atoms with Crippen LogP contribution in [-0.4, -0.2) is 33.1 Å². The van der Waals surface area contributed by atoms with Crippen LogP contribution in [0.15, 0.2) is 0 Å². The molecule has 0 N–H and O–H groups in total. The molecule has 0 aliphatic rings. The van der Waals surface area contributed by atoms with E-state index >= 15 is 0 Å². The van der Waals surface area contributed by atoms with Crippen molar-refractivity contribution >= 4 is 9.84 Å². The van der Waals surface area contributed by atoms with Gasteiger partial charge in [-0.25, -0.2) is 8.42 Å². The van der Waals surface area contributed by atoms with Crippen LogP contribution in [0.3, 0.4) is 0 Å². The molecular formula is C14H32O3S. The lowest BCUT2D eigenvalue weighted by molar-refractivity contribution is 0.162. The third-order valence-corrected chi connectivity index (χ3v) is 4.35. The summed E-state index contributed by atoms with van der Waals surface area (Å²) in [6.45, 7) is 9.84. The quantitative estimate of drug-likeness (QED) is 0.571. The summed E-state index contributed by atoms with van der Waals surface area (Å²) in [5, 5.41) is 0. The molecule has 0 atom stereocenters. The molecule has 0 heterocycles. The van der Waals surface area contributed by atoms with E-state index in [1.807, 2.05) is 13.8 Å². The first kappa shape index (κ1) is 20.2. The van der Waals surface area contributed by atoms with E-state index in [1.165, 1.54) is 0 Å². The summed E-state index contributed by atoms with van der Waals surface area (Å²) in [4.78, 5) is 0. The summed E-state index contributed by atoms with van der Waals surface area (Å²) in [6.07, 6.45) is 5.92. The molecule has 0 radical (unpaired) electrons. The molecule has 0 aliphatic carbocycles. The molecule has 0 saturated heterocycles. The van der Waals surface area contributed by atoms with Gasteiger partial charge in [0.05, 0.1) is 11.5 Å². The zero-order valence-electron chi connectivity index (χ0n) is 12.7. The van der Waals surface area contributed by atoms with E-state index in [2.05, 4.69) is 13.8 Å². The molecule has 0 unspecified atom stereocenters. The lowest BCUT2D eigenvalue weighted by Crippen LogP contribution is -2.10. The van der Waals surface area contributed by atoms with E-state index in [1.54, 1.807) is 0 Å². The Morgan fingerprint density at radius 2 is 1.11 bits per heavy atom. The van der Waals surface area contributed by atoms with Gasteiger partial charge in [0, 0.05) is 13.2 Å². The van der Waals surface area contributed by atoms with Crippen LogP contribution in [0.2, 0.25) is 0 Å². The van der Waals surface area contributed by atoms with Gasteiger partial charge in [0.1, 0.15) is 9.84 Å². The summed E-state index contributed by atoms with van der Waals surface area (Å²) in [6, 6.07) is 0. The standard InChI is InChI=1S/C10H22O2S.C4H10O/c1-3-5-7-9-13(11,12)10-8-6-4-2;1-3-5-4-2/h3-10H2,1-2H3;3-4H2,1-2H3. The third kappa shape index (κ3) is 18.3. The minimum Gasteiger partial charge on any atom is -0.382 e. The van der Waals surface area contributed by atoms with Crippen LogP contribution in [0.25, 0.3) is 0 Å². The van der Waals surface area contributed by atoms with Crippen LogP contribution < -0.4 is 0 Å². The highest BCUT2D eigenvalue weighted by atomic mass is 32.2. The molecule has 0 fully saturated rings. The first-order valence-corrected chi connectivity index (χ1v) is 9.14. The molecule has 0 spiro atoms. The molecule has 0 rings (SSSR count). The fourth-order valence-electron chi connectivity index (χ4n) is 1.45. The van der Waals surface area contributed by atoms with Crippen molar-refractivity contribution in [3.05, 3.63) is 0 Å². The SMILES string of the molecule is CCCCCS(=O)(=O)CCCCC.CCOCC. The zero-order valence-corrected chi connectivity index (χ0v) is 13.5. The second-order valence-electron chi connectivity index (χ2n) is 4.35. The molecule has 4 heteroatoms. The van der Waals surface area contributed by atoms with Crippen molar-refractivity contribution in [2.45, 2.75) is 66.2 Å². The highest BCUT2D eigenvalue weighted by Crippen LogP contribution is 2.04. The highest BCUT2D eigenvalue weighted by molar-refractivity contribution is 7.91. The lowest BCUT2D eigenvalue weighted by Gasteiger charge is -2.02. The Morgan fingerprint density at radius 3 is 1.33 bits per heavy atom. The molecule has 18 heavy (non-hydrogen) atoms. The number of hydrogen-bond acceptors (Lipinski definition) is 3. The second-order valence-corrected chi connectivity index (χ2v) is 6.65. The number of unbranched alkanes of at least 4 members (excludes halogenated alkanes) is 4. The summed E-state index contributed by atoms with van der Waals surface area (Å²) in [5.74, 6) is 0.787. The molecule has 0 aromatic heterocycles. The Labute approximate surface area is 114 Å². The van der Waals surface area contributed by atoms with Crippen LogP contribution in [0.1, 0.15) is 66.2 Å². The first-order chi connectivity index (χ1) is 8.54. The number of hydrogen-bond donors (Lipinski definition) is 0. The van der Waals surface area contributed by atoms with Crippen molar-refractivity contribution in [3.63, 3.8) is 0 Å². The Balaban J connectivity index is 0. The smallest absolute Gasteiger partial charge is 0.150 e. The maximum atomic E-state index is 11.4. The van der Waals surface area contributed by atoms with Crippen molar-refractivity contribution in [1.29, 1.82) is 0 Å². The van der Waals surface area contributed by atoms with Gasteiger partial charge in [0.2, 0.25) is 0 Å². The van der Waals surface area contributed by atoms with Crippen LogP contribution in [0, 0.1) is 0 Å². The van der Waals surface area contributed by atoms with Crippen LogP contribution >= 0.6 is 0 Å². The monoisotopic (exact) mass is 280 g/mol. The molecule has 0 aromatic rings. The fourth-order valence-corrected chi connectivity index (χ4v) is 2.94. The summed E-state index contributed by atoms with van der Waals surface area (Å²) < 4.78 is 27.6. The average molecular weight is 280 g/mol. The van der Waals surface area contributed by atoms with Gasteiger partial charge in [-0.05, 0) is 26.7 Å². The highest BCUT2D eigenvalue weighted by Gasteiger charge is 2.08. The van der Waals surface area contributed by atoms with Gasteiger partial charge in [0.15, 0.2) is 0 Å². The Hall–Kier alpha value is -0.0900. The summed E-state index contributed by atoms with van der Waals surface area (Å²) in [5.41, 5.74) is 0. The van der Waals surface area contributed by atoms with Gasteiger partial charge >= 0.3 is 0 Å². The molecule has 0 amide bonds. The first-order valence-electron chi connectivity index (χ1n) is 7.32. The maximum Gasteiger partial charge on any atom is 0.150 e. The lowest BCUT2D eigenvalue weighted by atomic mass is 10.3. The van der Waals surface area contributed by atoms with Gasteiger partial charge in [0.25, 0.3) is 0 Å². The summed E-state index contributed by atoms with van der Waals surface area (Å²) in [7, 11) is -2.73. The van der Waals surface area contributed by atoms with Gasteiger partial charge in [-0.3, -0.25) is 0 Å². The van der Waals surface area contributed by atoms with E-state index in [0.717, 1.165) is 51.7 Å². The third-order valence-electron chi connectivity index (χ3n) is 2.53. The molecule has 112 valence electrons. The van der Waals surface area contributed by atoms with Gasteiger partial charge in [-0.15, -0.1) is 0 Å².